The lowest BCUT2D eigenvalue weighted by Gasteiger charge is -2.31. The number of hydrogen-bond acceptors (Lipinski definition) is 3. The number of aliphatic hydroxyl groups is 1. The molecule has 0 radical (unpaired) electrons. The molecule has 1 aromatic carbocycles. The van der Waals surface area contributed by atoms with Gasteiger partial charge in [0.1, 0.15) is 0 Å². The Hall–Kier alpha value is -0.900. The fraction of sp³-hybridized carbons (Fsp3) is 0.600. The van der Waals surface area contributed by atoms with Crippen LogP contribution < -0.4 is 5.73 Å². The van der Waals surface area contributed by atoms with Gasteiger partial charge >= 0.3 is 0 Å². The van der Waals surface area contributed by atoms with Crippen molar-refractivity contribution in [2.45, 2.75) is 31.9 Å². The van der Waals surface area contributed by atoms with Gasteiger partial charge in [-0.3, -0.25) is 4.90 Å². The van der Waals surface area contributed by atoms with E-state index in [0.29, 0.717) is 6.54 Å². The summed E-state index contributed by atoms with van der Waals surface area (Å²) in [5.74, 6) is 0.221. The highest BCUT2D eigenvalue weighted by Crippen LogP contribution is 2.31. The highest BCUT2D eigenvalue weighted by Gasteiger charge is 2.41. The average molecular weight is 248 g/mol. The van der Waals surface area contributed by atoms with Gasteiger partial charge in [-0.2, -0.15) is 0 Å². The van der Waals surface area contributed by atoms with Gasteiger partial charge in [0.15, 0.2) is 0 Å². The van der Waals surface area contributed by atoms with Crippen LogP contribution in [0.25, 0.3) is 0 Å². The molecule has 0 aromatic heterocycles. The lowest BCUT2D eigenvalue weighted by molar-refractivity contribution is -0.00780. The molecule has 0 aliphatic carbocycles. The van der Waals surface area contributed by atoms with Crippen molar-refractivity contribution in [1.82, 2.24) is 4.90 Å². The molecule has 2 atom stereocenters. The molecule has 0 bridgehead atoms. The van der Waals surface area contributed by atoms with Crippen molar-refractivity contribution >= 4 is 0 Å². The monoisotopic (exact) mass is 248 g/mol. The number of likely N-dealkylation sites (tertiary alicyclic amines) is 1. The quantitative estimate of drug-likeness (QED) is 0.832. The summed E-state index contributed by atoms with van der Waals surface area (Å²) in [5, 5.41) is 10.7. The van der Waals surface area contributed by atoms with Gasteiger partial charge in [-0.05, 0) is 24.9 Å². The SMILES string of the molecule is CCC(CN)C1(O)CCN(Cc2ccccc2)C1. The van der Waals surface area contributed by atoms with E-state index >= 15 is 0 Å². The Morgan fingerprint density at radius 2 is 2.11 bits per heavy atom. The van der Waals surface area contributed by atoms with Gasteiger partial charge in [-0.25, -0.2) is 0 Å². The number of nitrogens with zero attached hydrogens (tertiary/aromatic N) is 1. The maximum Gasteiger partial charge on any atom is 0.0826 e. The zero-order valence-electron chi connectivity index (χ0n) is 11.2. The van der Waals surface area contributed by atoms with Crippen LogP contribution in [0.2, 0.25) is 0 Å². The number of rotatable bonds is 5. The van der Waals surface area contributed by atoms with Crippen molar-refractivity contribution in [2.75, 3.05) is 19.6 Å². The summed E-state index contributed by atoms with van der Waals surface area (Å²) < 4.78 is 0. The largest absolute Gasteiger partial charge is 0.388 e. The number of benzene rings is 1. The number of nitrogens with two attached hydrogens (primary N) is 1. The standard InChI is InChI=1S/C15H24N2O/c1-2-14(10-16)15(18)8-9-17(12-15)11-13-6-4-3-5-7-13/h3-7,14,18H,2,8-12,16H2,1H3. The summed E-state index contributed by atoms with van der Waals surface area (Å²) >= 11 is 0. The molecule has 3 heteroatoms. The summed E-state index contributed by atoms with van der Waals surface area (Å²) in [5.41, 5.74) is 6.49. The summed E-state index contributed by atoms with van der Waals surface area (Å²) in [6.07, 6.45) is 1.79. The summed E-state index contributed by atoms with van der Waals surface area (Å²) in [6, 6.07) is 10.4. The average Bonchev–Trinajstić information content (AvgIpc) is 2.74. The fourth-order valence-corrected chi connectivity index (χ4v) is 2.97. The van der Waals surface area contributed by atoms with Crippen molar-refractivity contribution in [3.63, 3.8) is 0 Å². The fourth-order valence-electron chi connectivity index (χ4n) is 2.97. The molecule has 0 amide bonds. The second-order valence-electron chi connectivity index (χ2n) is 5.39. The molecule has 3 N–H and O–H groups in total. The van der Waals surface area contributed by atoms with E-state index in [1.165, 1.54) is 5.56 Å². The zero-order chi connectivity index (χ0) is 13.0. The van der Waals surface area contributed by atoms with E-state index in [9.17, 15) is 5.11 Å². The molecule has 1 heterocycles. The molecule has 2 unspecified atom stereocenters. The van der Waals surface area contributed by atoms with E-state index in [2.05, 4.69) is 36.1 Å². The van der Waals surface area contributed by atoms with Crippen LogP contribution in [-0.4, -0.2) is 35.2 Å². The Labute approximate surface area is 110 Å². The van der Waals surface area contributed by atoms with Gasteiger partial charge in [0.05, 0.1) is 5.60 Å². The first-order valence-electron chi connectivity index (χ1n) is 6.86. The van der Waals surface area contributed by atoms with Crippen molar-refractivity contribution in [3.05, 3.63) is 35.9 Å². The third kappa shape index (κ3) is 2.91. The van der Waals surface area contributed by atoms with Crippen molar-refractivity contribution < 1.29 is 5.11 Å². The molecule has 1 aromatic rings. The smallest absolute Gasteiger partial charge is 0.0826 e. The van der Waals surface area contributed by atoms with Gasteiger partial charge in [-0.1, -0.05) is 37.3 Å². The third-order valence-electron chi connectivity index (χ3n) is 4.14. The van der Waals surface area contributed by atoms with Crippen molar-refractivity contribution in [1.29, 1.82) is 0 Å². The Bertz CT molecular complexity index is 364. The predicted octanol–water partition coefficient (Wildman–Crippen LogP) is 1.61. The number of β-amino-alcohol motifs (C(OH)–C–C–N with tert-alkyl or cyclic N) is 1. The predicted molar refractivity (Wildman–Crippen MR) is 74.1 cm³/mol. The molecule has 3 nitrogen and oxygen atoms in total. The van der Waals surface area contributed by atoms with Crippen molar-refractivity contribution in [3.8, 4) is 0 Å². The van der Waals surface area contributed by atoms with Gasteiger partial charge in [0.2, 0.25) is 0 Å². The lowest BCUT2D eigenvalue weighted by atomic mass is 9.85. The normalized spacial score (nSPS) is 26.4. The van der Waals surface area contributed by atoms with Gasteiger partial charge < -0.3 is 10.8 Å². The first-order chi connectivity index (χ1) is 8.68. The highest BCUT2D eigenvalue weighted by molar-refractivity contribution is 5.15. The minimum atomic E-state index is -0.585. The minimum Gasteiger partial charge on any atom is -0.388 e. The zero-order valence-corrected chi connectivity index (χ0v) is 11.2. The van der Waals surface area contributed by atoms with Crippen LogP contribution in [0.3, 0.4) is 0 Å². The van der Waals surface area contributed by atoms with Crippen LogP contribution in [0.5, 0.6) is 0 Å². The number of hydrogen-bond donors (Lipinski definition) is 2. The molecular weight excluding hydrogens is 224 g/mol. The molecule has 2 rings (SSSR count). The molecule has 0 spiro atoms. The molecule has 1 saturated heterocycles. The van der Waals surface area contributed by atoms with Gasteiger partial charge in [-0.15, -0.1) is 0 Å². The van der Waals surface area contributed by atoms with Crippen LogP contribution in [-0.2, 0) is 6.54 Å². The second-order valence-corrected chi connectivity index (χ2v) is 5.39. The topological polar surface area (TPSA) is 49.5 Å². The molecule has 18 heavy (non-hydrogen) atoms. The van der Waals surface area contributed by atoms with E-state index < -0.39 is 5.60 Å². The van der Waals surface area contributed by atoms with Crippen LogP contribution in [0, 0.1) is 5.92 Å². The summed E-state index contributed by atoms with van der Waals surface area (Å²) in [6.45, 7) is 5.31. The van der Waals surface area contributed by atoms with Crippen molar-refractivity contribution in [2.24, 2.45) is 11.7 Å². The first kappa shape index (κ1) is 13.5. The molecule has 1 fully saturated rings. The molecule has 100 valence electrons. The Kier molecular flexibility index (Phi) is 4.38. The van der Waals surface area contributed by atoms with Crippen LogP contribution in [0.15, 0.2) is 30.3 Å². The van der Waals surface area contributed by atoms with E-state index in [-0.39, 0.29) is 5.92 Å². The van der Waals surface area contributed by atoms with E-state index in [0.717, 1.165) is 32.5 Å². The van der Waals surface area contributed by atoms with Gasteiger partial charge in [0.25, 0.3) is 0 Å². The minimum absolute atomic E-state index is 0.221. The van der Waals surface area contributed by atoms with Crippen LogP contribution in [0.1, 0.15) is 25.3 Å². The van der Waals surface area contributed by atoms with Gasteiger partial charge in [0, 0.05) is 25.6 Å². The maximum absolute atomic E-state index is 10.7. The summed E-state index contributed by atoms with van der Waals surface area (Å²) in [7, 11) is 0. The van der Waals surface area contributed by atoms with Crippen LogP contribution >= 0.6 is 0 Å². The molecule has 0 saturated carbocycles. The maximum atomic E-state index is 10.7. The summed E-state index contributed by atoms with van der Waals surface area (Å²) in [4.78, 5) is 2.33. The Morgan fingerprint density at radius 1 is 1.39 bits per heavy atom. The van der Waals surface area contributed by atoms with E-state index in [1.807, 2.05) is 6.07 Å². The Balaban J connectivity index is 1.96. The van der Waals surface area contributed by atoms with Crippen LogP contribution in [0.4, 0.5) is 0 Å². The Morgan fingerprint density at radius 3 is 2.72 bits per heavy atom. The lowest BCUT2D eigenvalue weighted by Crippen LogP contribution is -2.44. The molecular formula is C15H24N2O. The van der Waals surface area contributed by atoms with E-state index in [4.69, 9.17) is 5.73 Å². The third-order valence-corrected chi connectivity index (χ3v) is 4.14. The van der Waals surface area contributed by atoms with E-state index in [1.54, 1.807) is 0 Å². The second kappa shape index (κ2) is 5.83. The highest BCUT2D eigenvalue weighted by atomic mass is 16.3. The molecule has 1 aliphatic heterocycles. The first-order valence-corrected chi connectivity index (χ1v) is 6.86. The molecule has 1 aliphatic rings.